The number of nitrogens with zero attached hydrogens (tertiary/aromatic N) is 1. The van der Waals surface area contributed by atoms with Crippen LogP contribution in [0.2, 0.25) is 10.0 Å². The first-order valence-corrected chi connectivity index (χ1v) is 7.45. The van der Waals surface area contributed by atoms with Gasteiger partial charge in [0.15, 0.2) is 0 Å². The van der Waals surface area contributed by atoms with Gasteiger partial charge in [-0.1, -0.05) is 66.5 Å². The van der Waals surface area contributed by atoms with Crippen LogP contribution in [0.25, 0.3) is 6.08 Å². The molecule has 0 saturated heterocycles. The molecule has 0 unspecified atom stereocenters. The van der Waals surface area contributed by atoms with Gasteiger partial charge < -0.3 is 0 Å². The van der Waals surface area contributed by atoms with Crippen molar-refractivity contribution in [3.63, 3.8) is 0 Å². The summed E-state index contributed by atoms with van der Waals surface area (Å²) in [5, 5.41) is 5.42. The minimum atomic E-state index is 0.509. The molecule has 2 nitrogen and oxygen atoms in total. The van der Waals surface area contributed by atoms with Crippen molar-refractivity contribution < 1.29 is 0 Å². The third-order valence-corrected chi connectivity index (χ3v) is 3.62. The fraction of sp³-hybridized carbons (Fsp3) is 0.118. The lowest BCUT2D eigenvalue weighted by molar-refractivity contribution is 1.23. The molecule has 21 heavy (non-hydrogen) atoms. The Morgan fingerprint density at radius 1 is 1.10 bits per heavy atom. The van der Waals surface area contributed by atoms with E-state index >= 15 is 0 Å². The lowest BCUT2D eigenvalue weighted by atomic mass is 10.2. The summed E-state index contributed by atoms with van der Waals surface area (Å²) < 4.78 is 0. The maximum Gasteiger partial charge on any atom is 0.0613 e. The van der Waals surface area contributed by atoms with E-state index < -0.39 is 0 Å². The molecule has 0 spiro atoms. The number of anilines is 1. The highest BCUT2D eigenvalue weighted by Crippen LogP contribution is 2.24. The molecule has 0 atom stereocenters. The highest BCUT2D eigenvalue weighted by atomic mass is 35.5. The molecule has 108 valence electrons. The van der Waals surface area contributed by atoms with E-state index in [9.17, 15) is 0 Å². The zero-order valence-corrected chi connectivity index (χ0v) is 13.2. The largest absolute Gasteiger partial charge is 0.278 e. The van der Waals surface area contributed by atoms with Gasteiger partial charge in [0.1, 0.15) is 0 Å². The molecule has 2 rings (SSSR count). The van der Waals surface area contributed by atoms with Gasteiger partial charge in [-0.05, 0) is 36.3 Å². The van der Waals surface area contributed by atoms with Crippen molar-refractivity contribution in [2.24, 2.45) is 5.10 Å². The number of nitrogens with one attached hydrogen (secondary N) is 1. The molecule has 4 heteroatoms. The molecular formula is C17H16Cl2N2. The monoisotopic (exact) mass is 318 g/mol. The smallest absolute Gasteiger partial charge is 0.0613 e. The molecule has 0 heterocycles. The van der Waals surface area contributed by atoms with Crippen molar-refractivity contribution in [3.05, 3.63) is 70.2 Å². The normalized spacial score (nSPS) is 11.9. The zero-order valence-electron chi connectivity index (χ0n) is 11.7. The van der Waals surface area contributed by atoms with Crippen molar-refractivity contribution in [3.8, 4) is 0 Å². The van der Waals surface area contributed by atoms with Gasteiger partial charge in [0, 0.05) is 0 Å². The minimum absolute atomic E-state index is 0.509. The standard InChI is InChI=1S/C17H16Cl2N2/c1-2-14(9-8-13-6-4-3-5-7-13)20-21-15-10-11-16(18)17(19)12-15/h3-12,21H,2H2,1H3/b9-8+,20-14+. The zero-order chi connectivity index (χ0) is 15.1. The van der Waals surface area contributed by atoms with E-state index in [0.717, 1.165) is 23.4 Å². The van der Waals surface area contributed by atoms with E-state index in [4.69, 9.17) is 23.2 Å². The third-order valence-electron chi connectivity index (χ3n) is 2.88. The van der Waals surface area contributed by atoms with Gasteiger partial charge in [0.05, 0.1) is 21.4 Å². The quantitative estimate of drug-likeness (QED) is 0.540. The first-order chi connectivity index (χ1) is 10.2. The number of benzene rings is 2. The Hall–Kier alpha value is -1.77. The lowest BCUT2D eigenvalue weighted by Gasteiger charge is -2.04. The van der Waals surface area contributed by atoms with Crippen LogP contribution < -0.4 is 5.43 Å². The Kier molecular flexibility index (Phi) is 5.85. The number of hydrogen-bond acceptors (Lipinski definition) is 2. The Morgan fingerprint density at radius 3 is 2.52 bits per heavy atom. The number of rotatable bonds is 5. The summed E-state index contributed by atoms with van der Waals surface area (Å²) in [5.41, 5.74) is 5.90. The fourth-order valence-corrected chi connectivity index (χ4v) is 1.99. The summed E-state index contributed by atoms with van der Waals surface area (Å²) in [6, 6.07) is 15.5. The molecule has 0 bridgehead atoms. The van der Waals surface area contributed by atoms with Crippen LogP contribution >= 0.6 is 23.2 Å². The predicted octanol–water partition coefficient (Wildman–Crippen LogP) is 5.88. The molecule has 0 aromatic heterocycles. The summed E-state index contributed by atoms with van der Waals surface area (Å²) in [6.07, 6.45) is 4.87. The number of allylic oxidation sites excluding steroid dienone is 1. The van der Waals surface area contributed by atoms with E-state index in [1.807, 2.05) is 36.4 Å². The average Bonchev–Trinajstić information content (AvgIpc) is 2.52. The molecule has 0 fully saturated rings. The molecule has 1 N–H and O–H groups in total. The fourth-order valence-electron chi connectivity index (χ4n) is 1.69. The van der Waals surface area contributed by atoms with Gasteiger partial charge in [-0.2, -0.15) is 5.10 Å². The van der Waals surface area contributed by atoms with Gasteiger partial charge in [0.25, 0.3) is 0 Å². The topological polar surface area (TPSA) is 24.4 Å². The van der Waals surface area contributed by atoms with Crippen LogP contribution in [0.1, 0.15) is 18.9 Å². The lowest BCUT2D eigenvalue weighted by Crippen LogP contribution is -1.97. The number of hydrogen-bond donors (Lipinski definition) is 1. The number of hydrazone groups is 1. The SMILES string of the molecule is CCC(/C=C/c1ccccc1)=N\Nc1ccc(Cl)c(Cl)c1. The van der Waals surface area contributed by atoms with Crippen molar-refractivity contribution in [2.75, 3.05) is 5.43 Å². The molecule has 0 aliphatic heterocycles. The molecular weight excluding hydrogens is 303 g/mol. The van der Waals surface area contributed by atoms with Gasteiger partial charge in [-0.3, -0.25) is 5.43 Å². The summed E-state index contributed by atoms with van der Waals surface area (Å²) in [6.45, 7) is 2.06. The van der Waals surface area contributed by atoms with Gasteiger partial charge in [-0.15, -0.1) is 0 Å². The molecule has 2 aromatic carbocycles. The highest BCUT2D eigenvalue weighted by molar-refractivity contribution is 6.42. The first-order valence-electron chi connectivity index (χ1n) is 6.70. The summed E-state index contributed by atoms with van der Waals surface area (Å²) in [5.74, 6) is 0. The van der Waals surface area contributed by atoms with Gasteiger partial charge >= 0.3 is 0 Å². The van der Waals surface area contributed by atoms with Crippen LogP contribution in [0, 0.1) is 0 Å². The maximum absolute atomic E-state index is 5.97. The Morgan fingerprint density at radius 2 is 1.86 bits per heavy atom. The van der Waals surface area contributed by atoms with Gasteiger partial charge in [0.2, 0.25) is 0 Å². The van der Waals surface area contributed by atoms with Crippen LogP contribution in [0.4, 0.5) is 5.69 Å². The molecule has 0 amide bonds. The second-order valence-corrected chi connectivity index (χ2v) is 5.26. The summed E-state index contributed by atoms with van der Waals surface area (Å²) in [4.78, 5) is 0. The minimum Gasteiger partial charge on any atom is -0.278 e. The molecule has 0 radical (unpaired) electrons. The van der Waals surface area contributed by atoms with Crippen molar-refractivity contribution in [2.45, 2.75) is 13.3 Å². The van der Waals surface area contributed by atoms with Crippen molar-refractivity contribution in [1.82, 2.24) is 0 Å². The predicted molar refractivity (Wildman–Crippen MR) is 93.3 cm³/mol. The van der Waals surface area contributed by atoms with Crippen molar-refractivity contribution in [1.29, 1.82) is 0 Å². The highest BCUT2D eigenvalue weighted by Gasteiger charge is 1.98. The van der Waals surface area contributed by atoms with E-state index in [1.54, 1.807) is 12.1 Å². The maximum atomic E-state index is 5.97. The number of halogens is 2. The molecule has 0 saturated carbocycles. The summed E-state index contributed by atoms with van der Waals surface area (Å²) in [7, 11) is 0. The van der Waals surface area contributed by atoms with E-state index in [2.05, 4.69) is 29.6 Å². The van der Waals surface area contributed by atoms with Crippen molar-refractivity contribution >= 4 is 40.7 Å². The Balaban J connectivity index is 2.06. The van der Waals surface area contributed by atoms with Gasteiger partial charge in [-0.25, -0.2) is 0 Å². The average molecular weight is 319 g/mol. The summed E-state index contributed by atoms with van der Waals surface area (Å²) >= 11 is 11.9. The second kappa shape index (κ2) is 7.87. The first kappa shape index (κ1) is 15.6. The Bertz CT molecular complexity index is 649. The van der Waals surface area contributed by atoms with E-state index in [-0.39, 0.29) is 0 Å². The second-order valence-electron chi connectivity index (χ2n) is 4.44. The van der Waals surface area contributed by atoms with E-state index in [1.165, 1.54) is 0 Å². The Labute approximate surface area is 135 Å². The molecule has 0 aliphatic carbocycles. The third kappa shape index (κ3) is 4.92. The van der Waals surface area contributed by atoms with E-state index in [0.29, 0.717) is 10.0 Å². The van der Waals surface area contributed by atoms with Crippen LogP contribution in [0.3, 0.4) is 0 Å². The molecule has 0 aliphatic rings. The van der Waals surface area contributed by atoms with Crippen LogP contribution in [-0.2, 0) is 0 Å². The van der Waals surface area contributed by atoms with Crippen LogP contribution in [0.5, 0.6) is 0 Å². The van der Waals surface area contributed by atoms with Crippen LogP contribution in [-0.4, -0.2) is 5.71 Å². The van der Waals surface area contributed by atoms with Crippen LogP contribution in [0.15, 0.2) is 59.7 Å². The molecule has 2 aromatic rings.